The first kappa shape index (κ1) is 7.72. The Bertz CT molecular complexity index is 238. The monoisotopic (exact) mass is 153 g/mol. The van der Waals surface area contributed by atoms with E-state index in [1.54, 1.807) is 25.3 Å². The third kappa shape index (κ3) is 1.77. The minimum atomic E-state index is 0.119. The lowest BCUT2D eigenvalue weighted by Gasteiger charge is -1.98. The van der Waals surface area contributed by atoms with Gasteiger partial charge in [-0.25, -0.2) is 0 Å². The molecule has 0 aromatic rings. The minimum Gasteiger partial charge on any atom is -0.506 e. The van der Waals surface area contributed by atoms with Crippen molar-refractivity contribution in [3.63, 3.8) is 0 Å². The second-order valence-corrected chi connectivity index (χ2v) is 2.25. The summed E-state index contributed by atoms with van der Waals surface area (Å²) in [6.07, 6.45) is 5.57. The first-order valence-corrected chi connectivity index (χ1v) is 3.34. The van der Waals surface area contributed by atoms with Crippen LogP contribution >= 0.6 is 0 Å². The van der Waals surface area contributed by atoms with Gasteiger partial charge in [0, 0.05) is 6.42 Å². The van der Waals surface area contributed by atoms with Crippen molar-refractivity contribution in [2.75, 3.05) is 7.11 Å². The summed E-state index contributed by atoms with van der Waals surface area (Å²) in [6.45, 7) is 0. The fourth-order valence-electron chi connectivity index (χ4n) is 0.803. The van der Waals surface area contributed by atoms with Gasteiger partial charge in [-0.1, -0.05) is 0 Å². The maximum Gasteiger partial charge on any atom is 0.134 e. The van der Waals surface area contributed by atoms with Gasteiger partial charge < -0.3 is 15.6 Å². The van der Waals surface area contributed by atoms with Gasteiger partial charge >= 0.3 is 0 Å². The summed E-state index contributed by atoms with van der Waals surface area (Å²) in [5.74, 6) is 0.908. The standard InChI is InChI=1S/C8H11NO2/c1-11-6-2-4-7(9)8(10)5-3-6/h2,4-5,10H,3,9H2,1H3. The van der Waals surface area contributed by atoms with Crippen LogP contribution in [0.3, 0.4) is 0 Å². The molecular formula is C8H11NO2. The van der Waals surface area contributed by atoms with Crippen LogP contribution in [0.25, 0.3) is 0 Å². The van der Waals surface area contributed by atoms with Gasteiger partial charge in [-0.15, -0.1) is 0 Å². The van der Waals surface area contributed by atoms with Gasteiger partial charge in [0.1, 0.15) is 5.76 Å². The van der Waals surface area contributed by atoms with Crippen molar-refractivity contribution in [1.29, 1.82) is 0 Å². The number of aliphatic hydroxyl groups is 1. The molecule has 60 valence electrons. The highest BCUT2D eigenvalue weighted by molar-refractivity contribution is 5.30. The smallest absolute Gasteiger partial charge is 0.134 e. The summed E-state index contributed by atoms with van der Waals surface area (Å²) in [5.41, 5.74) is 5.81. The zero-order valence-electron chi connectivity index (χ0n) is 6.37. The summed E-state index contributed by atoms with van der Waals surface area (Å²) in [7, 11) is 1.59. The number of hydrogen-bond acceptors (Lipinski definition) is 3. The first-order chi connectivity index (χ1) is 5.24. The Morgan fingerprint density at radius 1 is 1.55 bits per heavy atom. The third-order valence-corrected chi connectivity index (χ3v) is 1.50. The maximum atomic E-state index is 9.15. The molecule has 11 heavy (non-hydrogen) atoms. The summed E-state index contributed by atoms with van der Waals surface area (Å²) in [5, 5.41) is 9.15. The molecule has 0 fully saturated rings. The Kier molecular flexibility index (Phi) is 2.21. The van der Waals surface area contributed by atoms with Crippen LogP contribution in [0, 0.1) is 0 Å². The Hall–Kier alpha value is -1.38. The number of ether oxygens (including phenoxy) is 1. The van der Waals surface area contributed by atoms with Crippen molar-refractivity contribution in [3.05, 3.63) is 35.4 Å². The molecule has 3 nitrogen and oxygen atoms in total. The van der Waals surface area contributed by atoms with Gasteiger partial charge in [0.2, 0.25) is 0 Å². The van der Waals surface area contributed by atoms with E-state index in [0.717, 1.165) is 5.76 Å². The molecule has 0 spiro atoms. The predicted molar refractivity (Wildman–Crippen MR) is 42.7 cm³/mol. The van der Waals surface area contributed by atoms with Gasteiger partial charge in [0.05, 0.1) is 18.6 Å². The van der Waals surface area contributed by atoms with E-state index in [4.69, 9.17) is 15.6 Å². The second-order valence-electron chi connectivity index (χ2n) is 2.25. The lowest BCUT2D eigenvalue weighted by atomic mass is 10.3. The van der Waals surface area contributed by atoms with Crippen LogP contribution in [0.15, 0.2) is 35.4 Å². The van der Waals surface area contributed by atoms with E-state index in [1.807, 2.05) is 0 Å². The van der Waals surface area contributed by atoms with Gasteiger partial charge in [-0.3, -0.25) is 0 Å². The van der Waals surface area contributed by atoms with Crippen LogP contribution in [0.4, 0.5) is 0 Å². The molecule has 0 bridgehead atoms. The highest BCUT2D eigenvalue weighted by Crippen LogP contribution is 2.12. The van der Waals surface area contributed by atoms with E-state index in [1.165, 1.54) is 0 Å². The molecule has 3 heteroatoms. The number of hydrogen-bond donors (Lipinski definition) is 2. The number of aliphatic hydroxyl groups excluding tert-OH is 1. The van der Waals surface area contributed by atoms with Crippen LogP contribution in [0.5, 0.6) is 0 Å². The SMILES string of the molecule is COC1=CC=C(N)C(O)=CC1. The molecule has 0 saturated heterocycles. The molecule has 1 rings (SSSR count). The van der Waals surface area contributed by atoms with Gasteiger partial charge in [-0.2, -0.15) is 0 Å². The molecular weight excluding hydrogens is 142 g/mol. The average Bonchev–Trinajstić information content (AvgIpc) is 2.16. The molecule has 0 radical (unpaired) electrons. The van der Waals surface area contributed by atoms with Gasteiger partial charge in [0.25, 0.3) is 0 Å². The van der Waals surface area contributed by atoms with Crippen LogP contribution in [-0.2, 0) is 4.74 Å². The quantitative estimate of drug-likeness (QED) is 0.595. The van der Waals surface area contributed by atoms with Gasteiger partial charge in [-0.05, 0) is 18.2 Å². The molecule has 0 unspecified atom stereocenters. The molecule has 1 aliphatic carbocycles. The molecule has 0 heterocycles. The minimum absolute atomic E-state index is 0.119. The third-order valence-electron chi connectivity index (χ3n) is 1.50. The van der Waals surface area contributed by atoms with E-state index in [2.05, 4.69) is 0 Å². The zero-order valence-corrected chi connectivity index (χ0v) is 6.37. The van der Waals surface area contributed by atoms with Crippen LogP contribution in [0.1, 0.15) is 6.42 Å². The Morgan fingerprint density at radius 2 is 2.27 bits per heavy atom. The van der Waals surface area contributed by atoms with Crippen molar-refractivity contribution in [2.24, 2.45) is 5.73 Å². The van der Waals surface area contributed by atoms with Crippen LogP contribution in [0.2, 0.25) is 0 Å². The fraction of sp³-hybridized carbons (Fsp3) is 0.250. The molecule has 0 amide bonds. The maximum absolute atomic E-state index is 9.15. The largest absolute Gasteiger partial charge is 0.506 e. The fourth-order valence-corrected chi connectivity index (χ4v) is 0.803. The van der Waals surface area contributed by atoms with Crippen molar-refractivity contribution < 1.29 is 9.84 Å². The molecule has 0 aromatic heterocycles. The molecule has 1 aliphatic rings. The Labute approximate surface area is 65.5 Å². The average molecular weight is 153 g/mol. The first-order valence-electron chi connectivity index (χ1n) is 3.34. The van der Waals surface area contributed by atoms with Crippen molar-refractivity contribution in [1.82, 2.24) is 0 Å². The molecule has 0 atom stereocenters. The Balaban J connectivity index is 2.84. The lowest BCUT2D eigenvalue weighted by Crippen LogP contribution is -1.98. The van der Waals surface area contributed by atoms with Crippen molar-refractivity contribution in [3.8, 4) is 0 Å². The van der Waals surface area contributed by atoms with Crippen LogP contribution < -0.4 is 5.73 Å². The summed E-state index contributed by atoms with van der Waals surface area (Å²) in [6, 6.07) is 0. The van der Waals surface area contributed by atoms with Crippen molar-refractivity contribution >= 4 is 0 Å². The summed E-state index contributed by atoms with van der Waals surface area (Å²) < 4.78 is 4.97. The number of allylic oxidation sites excluding steroid dienone is 3. The number of rotatable bonds is 1. The van der Waals surface area contributed by atoms with E-state index in [9.17, 15) is 0 Å². The normalized spacial score (nSPS) is 17.7. The van der Waals surface area contributed by atoms with E-state index in [0.29, 0.717) is 12.1 Å². The topological polar surface area (TPSA) is 55.5 Å². The number of methoxy groups -OCH3 is 1. The Morgan fingerprint density at radius 3 is 2.91 bits per heavy atom. The van der Waals surface area contributed by atoms with Crippen molar-refractivity contribution in [2.45, 2.75) is 6.42 Å². The zero-order chi connectivity index (χ0) is 8.27. The molecule has 0 aliphatic heterocycles. The highest BCUT2D eigenvalue weighted by atomic mass is 16.5. The molecule has 0 saturated carbocycles. The predicted octanol–water partition coefficient (Wildman–Crippen LogP) is 1.20. The second kappa shape index (κ2) is 3.14. The van der Waals surface area contributed by atoms with E-state index < -0.39 is 0 Å². The van der Waals surface area contributed by atoms with Gasteiger partial charge in [0.15, 0.2) is 0 Å². The van der Waals surface area contributed by atoms with E-state index in [-0.39, 0.29) is 5.76 Å². The van der Waals surface area contributed by atoms with E-state index >= 15 is 0 Å². The highest BCUT2D eigenvalue weighted by Gasteiger charge is 2.02. The molecule has 0 aromatic carbocycles. The summed E-state index contributed by atoms with van der Waals surface area (Å²) in [4.78, 5) is 0. The van der Waals surface area contributed by atoms with Crippen LogP contribution in [-0.4, -0.2) is 12.2 Å². The number of nitrogens with two attached hydrogens (primary N) is 1. The lowest BCUT2D eigenvalue weighted by molar-refractivity contribution is 0.284. The molecule has 3 N–H and O–H groups in total. The summed E-state index contributed by atoms with van der Waals surface area (Å²) >= 11 is 0.